The van der Waals surface area contributed by atoms with Crippen LogP contribution in [0.5, 0.6) is 0 Å². The Kier molecular flexibility index (Phi) is 4.95. The molecule has 0 saturated heterocycles. The van der Waals surface area contributed by atoms with Crippen LogP contribution in [0, 0.1) is 23.7 Å². The SMILES string of the molecule is C=CCCOCCNC(=O)[C@H]1C2C=CC(C2)[C@H]1C(=O)O. The van der Waals surface area contributed by atoms with Gasteiger partial charge in [-0.05, 0) is 24.7 Å². The molecule has 1 amide bonds. The zero-order chi connectivity index (χ0) is 14.5. The van der Waals surface area contributed by atoms with Crippen molar-refractivity contribution in [1.82, 2.24) is 5.32 Å². The highest BCUT2D eigenvalue weighted by Gasteiger charge is 2.51. The van der Waals surface area contributed by atoms with Crippen molar-refractivity contribution in [3.8, 4) is 0 Å². The van der Waals surface area contributed by atoms with E-state index in [9.17, 15) is 14.7 Å². The van der Waals surface area contributed by atoms with E-state index in [1.165, 1.54) is 0 Å². The van der Waals surface area contributed by atoms with Crippen LogP contribution >= 0.6 is 0 Å². The first-order valence-electron chi connectivity index (χ1n) is 7.02. The number of nitrogens with one attached hydrogen (secondary N) is 1. The quantitative estimate of drug-likeness (QED) is 0.517. The van der Waals surface area contributed by atoms with Crippen molar-refractivity contribution in [2.45, 2.75) is 12.8 Å². The topological polar surface area (TPSA) is 75.6 Å². The van der Waals surface area contributed by atoms with Crippen LogP contribution in [-0.4, -0.2) is 36.7 Å². The van der Waals surface area contributed by atoms with Crippen LogP contribution in [0.4, 0.5) is 0 Å². The van der Waals surface area contributed by atoms with E-state index in [1.54, 1.807) is 6.08 Å². The molecule has 1 saturated carbocycles. The van der Waals surface area contributed by atoms with Gasteiger partial charge in [0.2, 0.25) is 5.91 Å². The van der Waals surface area contributed by atoms with Gasteiger partial charge in [0.25, 0.3) is 0 Å². The van der Waals surface area contributed by atoms with Gasteiger partial charge in [-0.2, -0.15) is 0 Å². The summed E-state index contributed by atoms with van der Waals surface area (Å²) in [4.78, 5) is 23.5. The number of amides is 1. The summed E-state index contributed by atoms with van der Waals surface area (Å²) in [6, 6.07) is 0. The Labute approximate surface area is 118 Å². The number of carboxylic acid groups (broad SMARTS) is 1. The van der Waals surface area contributed by atoms with Crippen molar-refractivity contribution >= 4 is 11.9 Å². The molecule has 0 aromatic heterocycles. The summed E-state index contributed by atoms with van der Waals surface area (Å²) < 4.78 is 5.31. The fourth-order valence-corrected chi connectivity index (χ4v) is 3.15. The first-order valence-corrected chi connectivity index (χ1v) is 7.02. The van der Waals surface area contributed by atoms with Gasteiger partial charge in [0.1, 0.15) is 0 Å². The molecule has 2 N–H and O–H groups in total. The third-order valence-corrected chi connectivity index (χ3v) is 4.06. The number of fused-ring (bicyclic) bond motifs is 2. The molecular formula is C15H21NO4. The third kappa shape index (κ3) is 3.10. The first-order chi connectivity index (χ1) is 9.65. The Morgan fingerprint density at radius 3 is 2.65 bits per heavy atom. The maximum Gasteiger partial charge on any atom is 0.307 e. The molecule has 0 aromatic carbocycles. The molecule has 2 bridgehead atoms. The highest BCUT2D eigenvalue weighted by molar-refractivity contribution is 5.86. The molecule has 5 heteroatoms. The number of carbonyl (C=O) groups excluding carboxylic acids is 1. The Morgan fingerprint density at radius 1 is 1.30 bits per heavy atom. The van der Waals surface area contributed by atoms with E-state index in [0.717, 1.165) is 12.8 Å². The molecule has 5 nitrogen and oxygen atoms in total. The third-order valence-electron chi connectivity index (χ3n) is 4.06. The minimum absolute atomic E-state index is 0.0112. The molecule has 20 heavy (non-hydrogen) atoms. The van der Waals surface area contributed by atoms with Crippen molar-refractivity contribution in [2.75, 3.05) is 19.8 Å². The number of allylic oxidation sites excluding steroid dienone is 2. The molecule has 0 heterocycles. The summed E-state index contributed by atoms with van der Waals surface area (Å²) in [5.41, 5.74) is 0. The fraction of sp³-hybridized carbons (Fsp3) is 0.600. The smallest absolute Gasteiger partial charge is 0.307 e. The second-order valence-corrected chi connectivity index (χ2v) is 5.32. The summed E-state index contributed by atoms with van der Waals surface area (Å²) >= 11 is 0. The van der Waals surface area contributed by atoms with Crippen LogP contribution in [0.3, 0.4) is 0 Å². The lowest BCUT2D eigenvalue weighted by molar-refractivity contribution is -0.147. The Balaban J connectivity index is 1.78. The van der Waals surface area contributed by atoms with Gasteiger partial charge < -0.3 is 15.2 Å². The molecule has 0 aromatic rings. The monoisotopic (exact) mass is 279 g/mol. The fourth-order valence-electron chi connectivity index (χ4n) is 3.15. The van der Waals surface area contributed by atoms with Crippen LogP contribution in [0.1, 0.15) is 12.8 Å². The van der Waals surface area contributed by atoms with Gasteiger partial charge in [0, 0.05) is 6.54 Å². The van der Waals surface area contributed by atoms with E-state index in [4.69, 9.17) is 4.74 Å². The molecule has 110 valence electrons. The number of hydrogen-bond donors (Lipinski definition) is 2. The van der Waals surface area contributed by atoms with Crippen LogP contribution in [0.25, 0.3) is 0 Å². The second kappa shape index (κ2) is 6.70. The number of aliphatic carboxylic acids is 1. The van der Waals surface area contributed by atoms with Crippen LogP contribution in [0.2, 0.25) is 0 Å². The maximum atomic E-state index is 12.2. The lowest BCUT2D eigenvalue weighted by Gasteiger charge is -2.23. The standard InChI is InChI=1S/C15H21NO4/c1-2-3-7-20-8-6-16-14(17)12-10-4-5-11(9-10)13(12)15(18)19/h2,4-5,10-13H,1,3,6-9H2,(H,16,17)(H,18,19)/t10?,11?,12-,13+/m0/s1. The van der Waals surface area contributed by atoms with Crippen LogP contribution in [-0.2, 0) is 14.3 Å². The van der Waals surface area contributed by atoms with Crippen LogP contribution in [0.15, 0.2) is 24.8 Å². The highest BCUT2D eigenvalue weighted by atomic mass is 16.5. The van der Waals surface area contributed by atoms with Gasteiger partial charge in [-0.15, -0.1) is 6.58 Å². The van der Waals surface area contributed by atoms with E-state index in [0.29, 0.717) is 19.8 Å². The first kappa shape index (κ1) is 14.8. The van der Waals surface area contributed by atoms with Gasteiger partial charge >= 0.3 is 5.97 Å². The van der Waals surface area contributed by atoms with Crippen molar-refractivity contribution in [1.29, 1.82) is 0 Å². The molecule has 2 aliphatic rings. The molecule has 4 atom stereocenters. The summed E-state index contributed by atoms with van der Waals surface area (Å²) in [5, 5.41) is 12.1. The van der Waals surface area contributed by atoms with Gasteiger partial charge in [0.05, 0.1) is 25.0 Å². The summed E-state index contributed by atoms with van der Waals surface area (Å²) in [6.07, 6.45) is 7.26. The summed E-state index contributed by atoms with van der Waals surface area (Å²) in [6.45, 7) is 5.04. The second-order valence-electron chi connectivity index (χ2n) is 5.32. The van der Waals surface area contributed by atoms with Gasteiger partial charge in [-0.3, -0.25) is 9.59 Å². The van der Waals surface area contributed by atoms with Crippen molar-refractivity contribution < 1.29 is 19.4 Å². The summed E-state index contributed by atoms with van der Waals surface area (Å²) in [5.74, 6) is -1.96. The number of hydrogen-bond acceptors (Lipinski definition) is 3. The van der Waals surface area contributed by atoms with E-state index < -0.39 is 17.8 Å². The van der Waals surface area contributed by atoms with Gasteiger partial charge in [-0.25, -0.2) is 0 Å². The number of carbonyl (C=O) groups is 2. The van der Waals surface area contributed by atoms with E-state index in [2.05, 4.69) is 11.9 Å². The Bertz CT molecular complexity index is 418. The van der Waals surface area contributed by atoms with E-state index >= 15 is 0 Å². The summed E-state index contributed by atoms with van der Waals surface area (Å²) in [7, 11) is 0. The number of carboxylic acids is 1. The zero-order valence-electron chi connectivity index (χ0n) is 11.5. The van der Waals surface area contributed by atoms with Gasteiger partial charge in [-0.1, -0.05) is 18.2 Å². The minimum atomic E-state index is -0.871. The molecule has 2 rings (SSSR count). The van der Waals surface area contributed by atoms with E-state index in [1.807, 2.05) is 12.2 Å². The highest BCUT2D eigenvalue weighted by Crippen LogP contribution is 2.48. The lowest BCUT2D eigenvalue weighted by Crippen LogP contribution is -2.41. The average molecular weight is 279 g/mol. The average Bonchev–Trinajstić information content (AvgIpc) is 3.02. The van der Waals surface area contributed by atoms with Crippen molar-refractivity contribution in [2.24, 2.45) is 23.7 Å². The predicted octanol–water partition coefficient (Wildman–Crippen LogP) is 1.22. The van der Waals surface area contributed by atoms with Crippen molar-refractivity contribution in [3.05, 3.63) is 24.8 Å². The molecule has 0 spiro atoms. The molecule has 2 unspecified atom stereocenters. The maximum absolute atomic E-state index is 12.2. The van der Waals surface area contributed by atoms with Crippen molar-refractivity contribution in [3.63, 3.8) is 0 Å². The Hall–Kier alpha value is -1.62. The molecule has 2 aliphatic carbocycles. The Morgan fingerprint density at radius 2 is 2.00 bits per heavy atom. The van der Waals surface area contributed by atoms with Crippen LogP contribution < -0.4 is 5.32 Å². The molecular weight excluding hydrogens is 258 g/mol. The molecule has 0 radical (unpaired) electrons. The minimum Gasteiger partial charge on any atom is -0.481 e. The lowest BCUT2D eigenvalue weighted by atomic mass is 9.82. The zero-order valence-corrected chi connectivity index (χ0v) is 11.5. The van der Waals surface area contributed by atoms with E-state index in [-0.39, 0.29) is 17.7 Å². The largest absolute Gasteiger partial charge is 0.481 e. The predicted molar refractivity (Wildman–Crippen MR) is 74.0 cm³/mol. The number of rotatable bonds is 8. The van der Waals surface area contributed by atoms with Gasteiger partial charge in [0.15, 0.2) is 0 Å². The molecule has 1 fully saturated rings. The molecule has 0 aliphatic heterocycles. The normalized spacial score (nSPS) is 30.4. The number of ether oxygens (including phenoxy) is 1.